The van der Waals surface area contributed by atoms with E-state index in [2.05, 4.69) is 39.4 Å². The van der Waals surface area contributed by atoms with E-state index in [1.54, 1.807) is 57.9 Å². The number of aromatic nitrogens is 9. The molecule has 31 heteroatoms. The lowest BCUT2D eigenvalue weighted by Crippen LogP contribution is -2.36. The van der Waals surface area contributed by atoms with Crippen LogP contribution in [0.1, 0.15) is 87.7 Å². The van der Waals surface area contributed by atoms with Crippen molar-refractivity contribution in [2.75, 3.05) is 45.8 Å². The van der Waals surface area contributed by atoms with Gasteiger partial charge in [0.1, 0.15) is 52.0 Å². The fraction of sp³-hybridized carbons (Fsp3) is 0.365. The molecule has 0 atom stereocenters. The molecule has 9 aromatic rings. The Morgan fingerprint density at radius 2 is 0.894 bits per heavy atom. The first-order valence-corrected chi connectivity index (χ1v) is 30.6. The largest absolute Gasteiger partial charge is 0.493 e. The fourth-order valence-corrected chi connectivity index (χ4v) is 9.88. The molecule has 0 spiro atoms. The van der Waals surface area contributed by atoms with Crippen molar-refractivity contribution in [1.29, 1.82) is 15.8 Å². The predicted molar refractivity (Wildman–Crippen MR) is 328 cm³/mol. The number of nitrogens with zero attached hydrogens (tertiary/aromatic N) is 13. The average Bonchev–Trinajstić information content (AvgIpc) is 1.47. The number of aryl methyl sites for hydroxylation is 3. The lowest BCUT2D eigenvalue weighted by molar-refractivity contribution is -0.139. The fourth-order valence-electron chi connectivity index (χ4n) is 9.46. The number of rotatable bonds is 21. The smallest absolute Gasteiger partial charge is 0.419 e. The molecule has 3 aromatic carbocycles. The molecule has 0 aliphatic carbocycles. The number of hydrogen-bond donors (Lipinski definition) is 1. The SMILES string of the molecule is CC(=O)N(CCCOc1ccc(-c2cc3c(ncn3C)c(C#N)n2)cc1C(F)(F)F)C(C)C.CC(C)NCCCOc1ccc(-c2cc3c(ncn3C)c(C#N)n2)cc1C(F)(F)F.Cn1cnc2c(C#N)nc(-c3ccc(OCCCOS(C)(=O)=O)c(C(F)(F)F)c3)cc21. The number of carbonyl (C=O) groups is 1. The van der Waals surface area contributed by atoms with Crippen molar-refractivity contribution in [3.8, 4) is 69.2 Å². The molecule has 0 fully saturated rings. The molecule has 0 saturated carbocycles. The maximum Gasteiger partial charge on any atom is 0.419 e. The Hall–Kier alpha value is -9.90. The van der Waals surface area contributed by atoms with Crippen molar-refractivity contribution in [2.24, 2.45) is 21.1 Å². The molecule has 9 rings (SSSR count). The van der Waals surface area contributed by atoms with Crippen molar-refractivity contribution in [1.82, 2.24) is 53.8 Å². The Kier molecular flexibility index (Phi) is 23.0. The molecule has 496 valence electrons. The summed E-state index contributed by atoms with van der Waals surface area (Å²) < 4.78 is 171. The van der Waals surface area contributed by atoms with Gasteiger partial charge in [0, 0.05) is 69.8 Å². The molecular formula is C63H63F9N14O7S. The van der Waals surface area contributed by atoms with E-state index in [0.29, 0.717) is 65.1 Å². The summed E-state index contributed by atoms with van der Waals surface area (Å²) in [5.41, 5.74) is 1.50. The first-order chi connectivity index (χ1) is 44.2. The second-order valence-corrected chi connectivity index (χ2v) is 23.4. The van der Waals surface area contributed by atoms with Crippen molar-refractivity contribution in [3.63, 3.8) is 0 Å². The van der Waals surface area contributed by atoms with Gasteiger partial charge in [-0.2, -0.15) is 63.7 Å². The summed E-state index contributed by atoms with van der Waals surface area (Å²) >= 11 is 0. The maximum atomic E-state index is 13.8. The van der Waals surface area contributed by atoms with E-state index in [1.807, 2.05) is 45.9 Å². The van der Waals surface area contributed by atoms with Crippen LogP contribution in [0.2, 0.25) is 0 Å². The zero-order valence-electron chi connectivity index (χ0n) is 52.2. The molecule has 21 nitrogen and oxygen atoms in total. The first kappa shape index (κ1) is 71.5. The van der Waals surface area contributed by atoms with Gasteiger partial charge in [-0.15, -0.1) is 0 Å². The van der Waals surface area contributed by atoms with Gasteiger partial charge in [0.2, 0.25) is 5.91 Å². The number of fused-ring (bicyclic) bond motifs is 3. The maximum absolute atomic E-state index is 13.8. The number of imidazole rings is 3. The number of nitrogens with one attached hydrogen (secondary N) is 1. The minimum atomic E-state index is -4.71. The van der Waals surface area contributed by atoms with Crippen molar-refractivity contribution in [2.45, 2.75) is 84.5 Å². The number of amides is 1. The van der Waals surface area contributed by atoms with Gasteiger partial charge in [0.25, 0.3) is 10.1 Å². The van der Waals surface area contributed by atoms with Crippen LogP contribution in [0.3, 0.4) is 0 Å². The average molecular weight is 1330 g/mol. The number of pyridine rings is 3. The van der Waals surface area contributed by atoms with E-state index in [-0.39, 0.29) is 107 Å². The Bertz CT molecular complexity index is 4450. The Morgan fingerprint density at radius 1 is 0.553 bits per heavy atom. The second kappa shape index (κ2) is 30.2. The lowest BCUT2D eigenvalue weighted by Gasteiger charge is -2.25. The van der Waals surface area contributed by atoms with Gasteiger partial charge in [-0.3, -0.25) is 8.98 Å². The topological polar surface area (TPSA) is 267 Å². The summed E-state index contributed by atoms with van der Waals surface area (Å²) in [6, 6.07) is 21.9. The molecule has 94 heavy (non-hydrogen) atoms. The summed E-state index contributed by atoms with van der Waals surface area (Å²) in [5.74, 6) is -1.03. The molecule has 0 bridgehead atoms. The number of alkyl halides is 9. The van der Waals surface area contributed by atoms with Gasteiger partial charge < -0.3 is 38.1 Å². The highest BCUT2D eigenvalue weighted by molar-refractivity contribution is 7.86. The zero-order chi connectivity index (χ0) is 69.0. The molecule has 0 aliphatic heterocycles. The summed E-state index contributed by atoms with van der Waals surface area (Å²) in [7, 11) is 1.54. The molecule has 1 amide bonds. The van der Waals surface area contributed by atoms with Crippen LogP contribution < -0.4 is 19.5 Å². The van der Waals surface area contributed by atoms with Crippen LogP contribution >= 0.6 is 0 Å². The second-order valence-electron chi connectivity index (χ2n) is 21.7. The number of benzene rings is 3. The number of hydrogen-bond acceptors (Lipinski definition) is 17. The number of halogens is 9. The Labute approximate surface area is 534 Å². The summed E-state index contributed by atoms with van der Waals surface area (Å²) in [6.07, 6.45) is -7.47. The standard InChI is InChI=1S/C23H24F3N5O2.C21H22F3N5O.C19H17F3N4O4S/c1-14(2)31(15(3)32)8-5-9-33-21-7-6-16(10-17(21)23(24,25)26)18-11-20-22(19(12-27)29-18)28-13-30(20)4;1-13(2)26-7-4-8-30-19-6-5-14(9-15(19)21(22,23)24)16-10-18-20(17(11-25)28-16)27-12-29(18)3;1-26-11-24-18-15(10-23)25-14(9-16(18)26)12-4-5-17(13(8-12)19(20,21)22)29-6-3-7-30-31(2,27)28/h6-7,10-11,13-14H,5,8-9H2,1-4H3;5-6,9-10,12-13,26H,4,7-8H2,1-3H3;4-5,8-9,11H,3,6-7H2,1-2H3. The van der Waals surface area contributed by atoms with Gasteiger partial charge in [-0.25, -0.2) is 29.9 Å². The van der Waals surface area contributed by atoms with E-state index < -0.39 is 51.1 Å². The van der Waals surface area contributed by atoms with Crippen molar-refractivity contribution >= 4 is 49.1 Å². The highest BCUT2D eigenvalue weighted by Gasteiger charge is 2.37. The van der Waals surface area contributed by atoms with E-state index >= 15 is 0 Å². The van der Waals surface area contributed by atoms with Crippen LogP contribution in [0.4, 0.5) is 39.5 Å². The molecule has 0 aliphatic rings. The van der Waals surface area contributed by atoms with Crippen LogP contribution in [0.25, 0.3) is 66.9 Å². The monoisotopic (exact) mass is 1330 g/mol. The third-order valence-electron chi connectivity index (χ3n) is 14.0. The minimum Gasteiger partial charge on any atom is -0.493 e. The summed E-state index contributed by atoms with van der Waals surface area (Å²) in [5, 5.41) is 31.3. The number of carbonyl (C=O) groups excluding carboxylic acids is 1. The van der Waals surface area contributed by atoms with Crippen molar-refractivity contribution in [3.05, 3.63) is 126 Å². The molecule has 0 radical (unpaired) electrons. The normalized spacial score (nSPS) is 11.8. The van der Waals surface area contributed by atoms with E-state index in [4.69, 9.17) is 14.2 Å². The van der Waals surface area contributed by atoms with Crippen LogP contribution in [-0.4, -0.2) is 121 Å². The minimum absolute atomic E-state index is 0.00455. The molecule has 6 heterocycles. The highest BCUT2D eigenvalue weighted by atomic mass is 32.2. The molecule has 0 saturated heterocycles. The van der Waals surface area contributed by atoms with E-state index in [0.717, 1.165) is 30.5 Å². The molecule has 6 aromatic heterocycles. The van der Waals surface area contributed by atoms with Gasteiger partial charge in [-0.05, 0) is 106 Å². The van der Waals surface area contributed by atoms with E-state index in [9.17, 15) is 68.5 Å². The highest BCUT2D eigenvalue weighted by Crippen LogP contribution is 2.42. The summed E-state index contributed by atoms with van der Waals surface area (Å²) in [4.78, 5) is 38.2. The van der Waals surface area contributed by atoms with Gasteiger partial charge in [0.15, 0.2) is 17.1 Å². The van der Waals surface area contributed by atoms with Crippen LogP contribution in [0.5, 0.6) is 17.2 Å². The predicted octanol–water partition coefficient (Wildman–Crippen LogP) is 12.1. The van der Waals surface area contributed by atoms with Crippen LogP contribution in [-0.2, 0) is 58.8 Å². The Balaban J connectivity index is 0.000000200. The van der Waals surface area contributed by atoms with Crippen LogP contribution in [0, 0.1) is 34.0 Å². The van der Waals surface area contributed by atoms with Gasteiger partial charge >= 0.3 is 18.5 Å². The third-order valence-corrected chi connectivity index (χ3v) is 14.6. The van der Waals surface area contributed by atoms with E-state index in [1.165, 1.54) is 56.2 Å². The summed E-state index contributed by atoms with van der Waals surface area (Å²) in [6.45, 7) is 10.0. The Morgan fingerprint density at radius 3 is 1.19 bits per heavy atom. The molecule has 0 unspecified atom stereocenters. The quantitative estimate of drug-likeness (QED) is 0.0398. The number of ether oxygens (including phenoxy) is 3. The third kappa shape index (κ3) is 18.2. The molecular weight excluding hydrogens is 1270 g/mol. The molecule has 1 N–H and O–H groups in total. The van der Waals surface area contributed by atoms with Gasteiger partial charge in [0.05, 0.1) is 102 Å². The number of nitriles is 3. The van der Waals surface area contributed by atoms with Crippen LogP contribution in [0.15, 0.2) is 91.8 Å². The van der Waals surface area contributed by atoms with Gasteiger partial charge in [-0.1, -0.05) is 13.8 Å². The lowest BCUT2D eigenvalue weighted by atomic mass is 10.1. The van der Waals surface area contributed by atoms with Crippen molar-refractivity contribution < 1.29 is 71.1 Å². The first-order valence-electron chi connectivity index (χ1n) is 28.8. The zero-order valence-corrected chi connectivity index (χ0v) is 53.0.